The van der Waals surface area contributed by atoms with Crippen molar-refractivity contribution in [2.45, 2.75) is 25.2 Å². The highest BCUT2D eigenvalue weighted by Gasteiger charge is 2.14. The Balaban J connectivity index is 2.02. The zero-order valence-electron chi connectivity index (χ0n) is 16.9. The maximum Gasteiger partial charge on any atom is 0.131 e. The van der Waals surface area contributed by atoms with Crippen molar-refractivity contribution in [1.29, 1.82) is 0 Å². The van der Waals surface area contributed by atoms with Crippen LogP contribution < -0.4 is 0 Å². The van der Waals surface area contributed by atoms with Crippen molar-refractivity contribution in [3.05, 3.63) is 108 Å². The molecular weight excluding hydrogens is 372 g/mol. The van der Waals surface area contributed by atoms with Gasteiger partial charge in [0, 0.05) is 20.9 Å². The monoisotopic (exact) mass is 398 g/mol. The summed E-state index contributed by atoms with van der Waals surface area (Å²) in [5.41, 5.74) is 3.75. The van der Waals surface area contributed by atoms with Crippen LogP contribution in [0.25, 0.3) is 22.3 Å². The van der Waals surface area contributed by atoms with E-state index in [1.54, 1.807) is 11.8 Å². The zero-order valence-corrected chi connectivity index (χ0v) is 17.7. The first-order valence-corrected chi connectivity index (χ1v) is 10.7. The number of aromatic hydroxyl groups is 1. The van der Waals surface area contributed by atoms with Crippen LogP contribution in [-0.4, -0.2) is 5.11 Å². The van der Waals surface area contributed by atoms with Crippen LogP contribution >= 0.6 is 11.8 Å². The molecular formula is C27H26OS. The van der Waals surface area contributed by atoms with Crippen LogP contribution in [0.2, 0.25) is 0 Å². The zero-order chi connectivity index (χ0) is 20.5. The molecule has 0 aliphatic heterocycles. The summed E-state index contributed by atoms with van der Waals surface area (Å²) in [6.07, 6.45) is 11.4. The molecule has 1 N–H and O–H groups in total. The Bertz CT molecular complexity index is 1030. The number of hydrogen-bond donors (Lipinski definition) is 1. The van der Waals surface area contributed by atoms with Crippen molar-refractivity contribution in [2.24, 2.45) is 0 Å². The van der Waals surface area contributed by atoms with Gasteiger partial charge in [-0.05, 0) is 36.6 Å². The van der Waals surface area contributed by atoms with Gasteiger partial charge in [-0.2, -0.15) is 0 Å². The van der Waals surface area contributed by atoms with Crippen molar-refractivity contribution >= 4 is 11.8 Å². The summed E-state index contributed by atoms with van der Waals surface area (Å²) in [5.74, 6) is 0.317. The van der Waals surface area contributed by atoms with Crippen molar-refractivity contribution in [3.8, 4) is 28.0 Å². The number of phenols is 1. The van der Waals surface area contributed by atoms with Gasteiger partial charge in [-0.3, -0.25) is 0 Å². The maximum absolute atomic E-state index is 11.1. The molecule has 0 amide bonds. The Kier molecular flexibility index (Phi) is 7.54. The highest BCUT2D eigenvalue weighted by molar-refractivity contribution is 8.03. The summed E-state index contributed by atoms with van der Waals surface area (Å²) in [5, 5.41) is 11.1. The van der Waals surface area contributed by atoms with E-state index in [2.05, 4.69) is 37.3 Å². The minimum Gasteiger partial charge on any atom is -0.507 e. The summed E-state index contributed by atoms with van der Waals surface area (Å²) < 4.78 is 0. The molecule has 0 spiro atoms. The molecule has 0 aliphatic rings. The van der Waals surface area contributed by atoms with E-state index in [1.807, 2.05) is 79.7 Å². The van der Waals surface area contributed by atoms with E-state index in [4.69, 9.17) is 0 Å². The number of thioether (sulfide) groups is 1. The van der Waals surface area contributed by atoms with Crippen LogP contribution in [0.3, 0.4) is 0 Å². The Hall–Kier alpha value is -2.97. The fraction of sp³-hybridized carbons (Fsp3) is 0.111. The predicted molar refractivity (Wildman–Crippen MR) is 127 cm³/mol. The number of allylic oxidation sites excluding steroid dienone is 5. The van der Waals surface area contributed by atoms with Crippen molar-refractivity contribution in [3.63, 3.8) is 0 Å². The lowest BCUT2D eigenvalue weighted by Crippen LogP contribution is -1.87. The van der Waals surface area contributed by atoms with E-state index in [9.17, 15) is 5.11 Å². The molecule has 0 unspecified atom stereocenters. The van der Waals surface area contributed by atoms with Gasteiger partial charge < -0.3 is 5.11 Å². The molecule has 0 heterocycles. The van der Waals surface area contributed by atoms with Gasteiger partial charge in [0.1, 0.15) is 5.75 Å². The third-order valence-electron chi connectivity index (χ3n) is 4.50. The van der Waals surface area contributed by atoms with Gasteiger partial charge in [-0.25, -0.2) is 0 Å². The third-order valence-corrected chi connectivity index (χ3v) is 5.61. The second-order valence-corrected chi connectivity index (χ2v) is 7.68. The molecule has 1 nitrogen and oxygen atoms in total. The molecule has 146 valence electrons. The van der Waals surface area contributed by atoms with E-state index >= 15 is 0 Å². The van der Waals surface area contributed by atoms with E-state index in [1.165, 1.54) is 4.91 Å². The van der Waals surface area contributed by atoms with Crippen LogP contribution in [0.15, 0.2) is 113 Å². The number of para-hydroxylation sites is 1. The van der Waals surface area contributed by atoms with Crippen molar-refractivity contribution in [1.82, 2.24) is 0 Å². The fourth-order valence-electron chi connectivity index (χ4n) is 3.12. The molecule has 0 radical (unpaired) electrons. The summed E-state index contributed by atoms with van der Waals surface area (Å²) in [6.45, 7) is 4.16. The van der Waals surface area contributed by atoms with Gasteiger partial charge in [0.15, 0.2) is 0 Å². The van der Waals surface area contributed by atoms with E-state index < -0.39 is 0 Å². The Morgan fingerprint density at radius 3 is 2.28 bits per heavy atom. The molecule has 0 bridgehead atoms. The largest absolute Gasteiger partial charge is 0.507 e. The minimum atomic E-state index is 0.317. The molecule has 0 saturated carbocycles. The van der Waals surface area contributed by atoms with Gasteiger partial charge in [0.2, 0.25) is 0 Å². The van der Waals surface area contributed by atoms with E-state index in [0.29, 0.717) is 5.75 Å². The summed E-state index contributed by atoms with van der Waals surface area (Å²) >= 11 is 1.72. The highest BCUT2D eigenvalue weighted by Crippen LogP contribution is 2.43. The second kappa shape index (κ2) is 10.5. The van der Waals surface area contributed by atoms with Gasteiger partial charge >= 0.3 is 0 Å². The number of phenolic OH excluding ortho intramolecular Hbond substituents is 1. The molecule has 3 aromatic carbocycles. The molecule has 0 aromatic heterocycles. The third kappa shape index (κ3) is 5.30. The first-order chi connectivity index (χ1) is 14.2. The second-order valence-electron chi connectivity index (χ2n) is 6.57. The van der Waals surface area contributed by atoms with Gasteiger partial charge in [0.05, 0.1) is 0 Å². The molecule has 29 heavy (non-hydrogen) atoms. The summed E-state index contributed by atoms with van der Waals surface area (Å²) in [4.78, 5) is 2.31. The number of rotatable bonds is 7. The average Bonchev–Trinajstić information content (AvgIpc) is 2.75. The Labute approximate surface area is 178 Å². The summed E-state index contributed by atoms with van der Waals surface area (Å²) in [7, 11) is 0. The first kappa shape index (κ1) is 20.8. The predicted octanol–water partition coefficient (Wildman–Crippen LogP) is 8.24. The topological polar surface area (TPSA) is 20.2 Å². The molecule has 0 saturated heterocycles. The van der Waals surface area contributed by atoms with Crippen molar-refractivity contribution < 1.29 is 5.11 Å². The molecule has 0 aliphatic carbocycles. The summed E-state index contributed by atoms with van der Waals surface area (Å²) in [6, 6.07) is 24.2. The number of benzene rings is 3. The Morgan fingerprint density at radius 2 is 1.52 bits per heavy atom. The smallest absolute Gasteiger partial charge is 0.131 e. The highest BCUT2D eigenvalue weighted by atomic mass is 32.2. The lowest BCUT2D eigenvalue weighted by molar-refractivity contribution is 0.479. The number of hydrogen-bond acceptors (Lipinski definition) is 2. The van der Waals surface area contributed by atoms with Gasteiger partial charge in [-0.1, -0.05) is 110 Å². The molecule has 0 fully saturated rings. The SMILES string of the molecule is C/C=C\C=C/C(=CCC)Sc1ccccc1-c1cccc(-c2ccccc2)c1O. The van der Waals surface area contributed by atoms with Gasteiger partial charge in [-0.15, -0.1) is 0 Å². The maximum atomic E-state index is 11.1. The van der Waals surface area contributed by atoms with Crippen LogP contribution in [0, 0.1) is 0 Å². The van der Waals surface area contributed by atoms with Crippen LogP contribution in [0.5, 0.6) is 5.75 Å². The van der Waals surface area contributed by atoms with Crippen molar-refractivity contribution in [2.75, 3.05) is 0 Å². The van der Waals surface area contributed by atoms with E-state index in [0.717, 1.165) is 33.6 Å². The average molecular weight is 399 g/mol. The fourth-order valence-corrected chi connectivity index (χ4v) is 4.21. The van der Waals surface area contributed by atoms with Crippen LogP contribution in [0.1, 0.15) is 20.3 Å². The normalized spacial score (nSPS) is 12.1. The molecule has 0 atom stereocenters. The quantitative estimate of drug-likeness (QED) is 0.319. The van der Waals surface area contributed by atoms with Crippen LogP contribution in [-0.2, 0) is 0 Å². The molecule has 2 heteroatoms. The molecule has 3 aromatic rings. The van der Waals surface area contributed by atoms with E-state index in [-0.39, 0.29) is 0 Å². The lowest BCUT2D eigenvalue weighted by Gasteiger charge is -2.14. The standard InChI is InChI=1S/C27H26OS/c1-3-5-7-16-22(13-4-2)29-26-20-11-10-17-24(26)25-19-12-18-23(27(25)28)21-14-8-6-9-15-21/h3,5-20,28H,4H2,1-2H3/b5-3-,16-7-,22-13?. The lowest BCUT2D eigenvalue weighted by atomic mass is 9.97. The molecule has 3 rings (SSSR count). The van der Waals surface area contributed by atoms with Gasteiger partial charge in [0.25, 0.3) is 0 Å². The Morgan fingerprint density at radius 1 is 0.828 bits per heavy atom. The minimum absolute atomic E-state index is 0.317. The van der Waals surface area contributed by atoms with Crippen LogP contribution in [0.4, 0.5) is 0 Å². The first-order valence-electron chi connectivity index (χ1n) is 9.88.